The molecule has 0 saturated carbocycles. The van der Waals surface area contributed by atoms with Crippen LogP contribution in [0.4, 0.5) is 11.4 Å². The molecule has 3 amide bonds. The van der Waals surface area contributed by atoms with Crippen LogP contribution in [0.2, 0.25) is 0 Å². The Bertz CT molecular complexity index is 1270. The molecule has 0 aromatic heterocycles. The molecule has 0 spiro atoms. The first-order valence-corrected chi connectivity index (χ1v) is 11.1. The fraction of sp³-hybridized carbons (Fsp3) is 0.148. The van der Waals surface area contributed by atoms with Crippen LogP contribution in [0.1, 0.15) is 23.2 Å². The van der Waals surface area contributed by atoms with Gasteiger partial charge in [-0.25, -0.2) is 5.01 Å². The summed E-state index contributed by atoms with van der Waals surface area (Å²) in [4.78, 5) is 38.7. The standard InChI is InChI=1S/C27H23N3O4/c31-25(28-23-15-6-7-16-24(23)34-20-11-2-1-3-12-20)18-9-8-10-19(17-18)30-27(33)22-14-5-4-13-21(22)26(32)29-30/h1-12,15-17,21-22H,13-14H2,(H,28,31)(H,29,32). The van der Waals surface area contributed by atoms with Crippen LogP contribution < -0.4 is 20.5 Å². The second kappa shape index (κ2) is 9.23. The van der Waals surface area contributed by atoms with Crippen molar-refractivity contribution in [1.82, 2.24) is 5.43 Å². The normalized spacial score (nSPS) is 19.2. The number of fused-ring (bicyclic) bond motifs is 1. The lowest BCUT2D eigenvalue weighted by Crippen LogP contribution is -2.59. The first-order valence-electron chi connectivity index (χ1n) is 11.1. The molecule has 2 unspecified atom stereocenters. The SMILES string of the molecule is O=C(Nc1ccccc1Oc1ccccc1)c1cccc(N2NC(=O)C3CC=CCC3C2=O)c1. The Hall–Kier alpha value is -4.39. The van der Waals surface area contributed by atoms with E-state index < -0.39 is 5.92 Å². The van der Waals surface area contributed by atoms with E-state index in [1.807, 2.05) is 48.6 Å². The van der Waals surface area contributed by atoms with E-state index in [4.69, 9.17) is 4.74 Å². The second-order valence-corrected chi connectivity index (χ2v) is 8.22. The molecule has 2 N–H and O–H groups in total. The fourth-order valence-electron chi connectivity index (χ4n) is 4.24. The third-order valence-corrected chi connectivity index (χ3v) is 6.00. The smallest absolute Gasteiger partial charge is 0.255 e. The highest BCUT2D eigenvalue weighted by Gasteiger charge is 2.42. The van der Waals surface area contributed by atoms with Gasteiger partial charge >= 0.3 is 0 Å². The Morgan fingerprint density at radius 3 is 2.44 bits per heavy atom. The zero-order valence-corrected chi connectivity index (χ0v) is 18.3. The molecular weight excluding hydrogens is 430 g/mol. The van der Waals surface area contributed by atoms with Gasteiger partial charge in [-0.3, -0.25) is 19.8 Å². The van der Waals surface area contributed by atoms with Crippen LogP contribution >= 0.6 is 0 Å². The number of allylic oxidation sites excluding steroid dienone is 2. The Labute approximate surface area is 197 Å². The van der Waals surface area contributed by atoms with Crippen molar-refractivity contribution in [2.45, 2.75) is 12.8 Å². The highest BCUT2D eigenvalue weighted by molar-refractivity contribution is 6.08. The zero-order valence-electron chi connectivity index (χ0n) is 18.3. The van der Waals surface area contributed by atoms with E-state index in [2.05, 4.69) is 10.7 Å². The maximum absolute atomic E-state index is 13.1. The van der Waals surface area contributed by atoms with Crippen molar-refractivity contribution in [2.24, 2.45) is 11.8 Å². The number of carbonyl (C=O) groups is 3. The summed E-state index contributed by atoms with van der Waals surface area (Å²) in [6.07, 6.45) is 4.97. The molecule has 34 heavy (non-hydrogen) atoms. The Morgan fingerprint density at radius 1 is 0.882 bits per heavy atom. The third kappa shape index (κ3) is 4.28. The summed E-state index contributed by atoms with van der Waals surface area (Å²) in [5.41, 5.74) is 3.99. The second-order valence-electron chi connectivity index (χ2n) is 8.22. The van der Waals surface area contributed by atoms with Gasteiger partial charge in [-0.05, 0) is 55.3 Å². The topological polar surface area (TPSA) is 87.7 Å². The average molecular weight is 453 g/mol. The van der Waals surface area contributed by atoms with Crippen LogP contribution in [-0.4, -0.2) is 17.7 Å². The van der Waals surface area contributed by atoms with Gasteiger partial charge in [0.15, 0.2) is 5.75 Å². The Balaban J connectivity index is 1.35. The molecule has 2 atom stereocenters. The van der Waals surface area contributed by atoms with Crippen molar-refractivity contribution in [1.29, 1.82) is 0 Å². The predicted molar refractivity (Wildman–Crippen MR) is 128 cm³/mol. The molecular formula is C27H23N3O4. The quantitative estimate of drug-likeness (QED) is 0.549. The van der Waals surface area contributed by atoms with Gasteiger partial charge in [-0.15, -0.1) is 0 Å². The molecule has 3 aromatic rings. The highest BCUT2D eigenvalue weighted by atomic mass is 16.5. The van der Waals surface area contributed by atoms with E-state index in [1.165, 1.54) is 5.01 Å². The van der Waals surface area contributed by atoms with Crippen molar-refractivity contribution < 1.29 is 19.1 Å². The predicted octanol–water partition coefficient (Wildman–Crippen LogP) is 4.69. The van der Waals surface area contributed by atoms with Crippen LogP contribution in [0.25, 0.3) is 0 Å². The van der Waals surface area contributed by atoms with E-state index in [-0.39, 0.29) is 23.6 Å². The lowest BCUT2D eigenvalue weighted by atomic mass is 9.80. The number of hydrazine groups is 1. The van der Waals surface area contributed by atoms with Gasteiger partial charge in [0.1, 0.15) is 5.75 Å². The molecule has 1 aliphatic carbocycles. The summed E-state index contributed by atoms with van der Waals surface area (Å²) < 4.78 is 5.92. The van der Waals surface area contributed by atoms with Crippen molar-refractivity contribution in [3.8, 4) is 11.5 Å². The van der Waals surface area contributed by atoms with Gasteiger partial charge in [0.05, 0.1) is 23.2 Å². The minimum Gasteiger partial charge on any atom is -0.455 e. The number of benzene rings is 3. The number of ether oxygens (including phenoxy) is 1. The number of hydrogen-bond donors (Lipinski definition) is 2. The molecule has 1 fully saturated rings. The molecule has 170 valence electrons. The minimum atomic E-state index is -0.391. The maximum Gasteiger partial charge on any atom is 0.255 e. The van der Waals surface area contributed by atoms with Crippen molar-refractivity contribution >= 4 is 29.1 Å². The monoisotopic (exact) mass is 453 g/mol. The zero-order chi connectivity index (χ0) is 23.5. The number of rotatable bonds is 5. The van der Waals surface area contributed by atoms with Crippen LogP contribution in [0.5, 0.6) is 11.5 Å². The van der Waals surface area contributed by atoms with Crippen molar-refractivity contribution in [3.63, 3.8) is 0 Å². The van der Waals surface area contributed by atoms with Crippen LogP contribution in [0.15, 0.2) is 91.0 Å². The van der Waals surface area contributed by atoms with Crippen molar-refractivity contribution in [2.75, 3.05) is 10.3 Å². The number of amides is 3. The third-order valence-electron chi connectivity index (χ3n) is 6.00. The highest BCUT2D eigenvalue weighted by Crippen LogP contribution is 2.33. The molecule has 5 rings (SSSR count). The van der Waals surface area contributed by atoms with Crippen molar-refractivity contribution in [3.05, 3.63) is 96.6 Å². The molecule has 3 aromatic carbocycles. The number of anilines is 2. The summed E-state index contributed by atoms with van der Waals surface area (Å²) in [6.45, 7) is 0. The first-order chi connectivity index (χ1) is 16.6. The largest absolute Gasteiger partial charge is 0.455 e. The lowest BCUT2D eigenvalue weighted by Gasteiger charge is -2.38. The number of para-hydroxylation sites is 3. The average Bonchev–Trinajstić information content (AvgIpc) is 2.88. The summed E-state index contributed by atoms with van der Waals surface area (Å²) in [7, 11) is 0. The molecule has 1 aliphatic heterocycles. The van der Waals surface area contributed by atoms with E-state index in [0.717, 1.165) is 0 Å². The van der Waals surface area contributed by atoms with Gasteiger partial charge in [-0.2, -0.15) is 0 Å². The minimum absolute atomic E-state index is 0.173. The molecule has 0 bridgehead atoms. The van der Waals surface area contributed by atoms with Crippen LogP contribution in [-0.2, 0) is 9.59 Å². The maximum atomic E-state index is 13.1. The van der Waals surface area contributed by atoms with Crippen LogP contribution in [0.3, 0.4) is 0 Å². The van der Waals surface area contributed by atoms with E-state index in [1.54, 1.807) is 42.5 Å². The summed E-state index contributed by atoms with van der Waals surface area (Å²) >= 11 is 0. The van der Waals surface area contributed by atoms with Gasteiger partial charge < -0.3 is 10.1 Å². The molecule has 7 nitrogen and oxygen atoms in total. The number of hydrogen-bond acceptors (Lipinski definition) is 4. The molecule has 2 aliphatic rings. The van der Waals surface area contributed by atoms with E-state index in [0.29, 0.717) is 41.3 Å². The summed E-state index contributed by atoms with van der Waals surface area (Å²) in [5, 5.41) is 4.13. The van der Waals surface area contributed by atoms with E-state index >= 15 is 0 Å². The Morgan fingerprint density at radius 2 is 1.62 bits per heavy atom. The van der Waals surface area contributed by atoms with Gasteiger partial charge in [-0.1, -0.05) is 48.6 Å². The lowest BCUT2D eigenvalue weighted by molar-refractivity contribution is -0.139. The van der Waals surface area contributed by atoms with Gasteiger partial charge in [0, 0.05) is 5.56 Å². The number of nitrogens with zero attached hydrogens (tertiary/aromatic N) is 1. The van der Waals surface area contributed by atoms with E-state index in [9.17, 15) is 14.4 Å². The number of nitrogens with one attached hydrogen (secondary N) is 2. The fourth-order valence-corrected chi connectivity index (χ4v) is 4.24. The molecule has 1 saturated heterocycles. The first kappa shape index (κ1) is 21.5. The van der Waals surface area contributed by atoms with Crippen LogP contribution in [0, 0.1) is 11.8 Å². The molecule has 1 heterocycles. The Kier molecular flexibility index (Phi) is 5.82. The summed E-state index contributed by atoms with van der Waals surface area (Å²) in [6, 6.07) is 23.1. The summed E-state index contributed by atoms with van der Waals surface area (Å²) in [5.74, 6) is -0.293. The van der Waals surface area contributed by atoms with Gasteiger partial charge in [0.25, 0.3) is 5.91 Å². The number of carbonyl (C=O) groups excluding carboxylic acids is 3. The van der Waals surface area contributed by atoms with Gasteiger partial charge in [0.2, 0.25) is 11.8 Å². The molecule has 0 radical (unpaired) electrons. The molecule has 7 heteroatoms.